The Kier molecular flexibility index (Phi) is 4.87. The Morgan fingerprint density at radius 3 is 2.45 bits per heavy atom. The molecule has 4 nitrogen and oxygen atoms in total. The maximum atomic E-state index is 13.5. The molecule has 0 saturated heterocycles. The van der Waals surface area contributed by atoms with Gasteiger partial charge in [-0.15, -0.1) is 0 Å². The van der Waals surface area contributed by atoms with E-state index in [2.05, 4.69) is 5.32 Å². The number of nitrogens with one attached hydrogen (secondary N) is 1. The molecule has 7 heteroatoms. The smallest absolute Gasteiger partial charge is 0.251 e. The van der Waals surface area contributed by atoms with Crippen LogP contribution in [-0.4, -0.2) is 26.6 Å². The first-order valence-electron chi connectivity index (χ1n) is 6.41. The molecule has 0 saturated carbocycles. The van der Waals surface area contributed by atoms with Crippen molar-refractivity contribution in [1.29, 1.82) is 0 Å². The van der Waals surface area contributed by atoms with Gasteiger partial charge in [0.1, 0.15) is 16.5 Å². The van der Waals surface area contributed by atoms with Gasteiger partial charge in [-0.05, 0) is 30.3 Å². The van der Waals surface area contributed by atoms with Crippen molar-refractivity contribution in [1.82, 2.24) is 5.32 Å². The van der Waals surface area contributed by atoms with Crippen molar-refractivity contribution in [3.05, 3.63) is 65.7 Å². The normalized spacial score (nSPS) is 11.2. The molecule has 0 atom stereocenters. The van der Waals surface area contributed by atoms with E-state index in [0.717, 1.165) is 12.1 Å². The number of carbonyl (C=O) groups is 1. The topological polar surface area (TPSA) is 63.2 Å². The Labute approximate surface area is 126 Å². The fraction of sp³-hybridized carbons (Fsp3) is 0.133. The van der Waals surface area contributed by atoms with Crippen LogP contribution >= 0.6 is 0 Å². The van der Waals surface area contributed by atoms with E-state index in [0.29, 0.717) is 0 Å². The van der Waals surface area contributed by atoms with Crippen molar-refractivity contribution in [3.8, 4) is 0 Å². The van der Waals surface area contributed by atoms with Crippen molar-refractivity contribution in [2.24, 2.45) is 0 Å². The predicted molar refractivity (Wildman–Crippen MR) is 77.2 cm³/mol. The molecule has 116 valence electrons. The number of carbonyl (C=O) groups excluding carboxylic acids is 1. The minimum Gasteiger partial charge on any atom is -0.351 e. The van der Waals surface area contributed by atoms with Crippen molar-refractivity contribution < 1.29 is 22.0 Å². The highest BCUT2D eigenvalue weighted by Crippen LogP contribution is 2.14. The summed E-state index contributed by atoms with van der Waals surface area (Å²) >= 11 is 0. The number of halogens is 2. The average molecular weight is 325 g/mol. The zero-order chi connectivity index (χ0) is 16.2. The number of amides is 1. The van der Waals surface area contributed by atoms with Gasteiger partial charge in [0.2, 0.25) is 0 Å². The summed E-state index contributed by atoms with van der Waals surface area (Å²) in [6, 6.07) is 10.0. The van der Waals surface area contributed by atoms with Crippen LogP contribution in [0, 0.1) is 11.6 Å². The summed E-state index contributed by atoms with van der Waals surface area (Å²) in [6.07, 6.45) is 0. The van der Waals surface area contributed by atoms with Crippen LogP contribution in [0.25, 0.3) is 0 Å². The van der Waals surface area contributed by atoms with Crippen molar-refractivity contribution >= 4 is 15.7 Å². The fourth-order valence-electron chi connectivity index (χ4n) is 1.84. The van der Waals surface area contributed by atoms with Gasteiger partial charge >= 0.3 is 0 Å². The molecular formula is C15H13F2NO3S. The van der Waals surface area contributed by atoms with E-state index in [4.69, 9.17) is 0 Å². The lowest BCUT2D eigenvalue weighted by atomic mass is 10.2. The summed E-state index contributed by atoms with van der Waals surface area (Å²) < 4.78 is 50.4. The first-order valence-corrected chi connectivity index (χ1v) is 8.06. The van der Waals surface area contributed by atoms with Gasteiger partial charge in [0.05, 0.1) is 5.75 Å². The van der Waals surface area contributed by atoms with Gasteiger partial charge in [0, 0.05) is 12.1 Å². The number of rotatable bonds is 5. The Balaban J connectivity index is 1.99. The highest BCUT2D eigenvalue weighted by atomic mass is 32.2. The molecule has 0 aliphatic carbocycles. The number of sulfone groups is 1. The van der Waals surface area contributed by atoms with E-state index >= 15 is 0 Å². The molecule has 22 heavy (non-hydrogen) atoms. The summed E-state index contributed by atoms with van der Waals surface area (Å²) in [4.78, 5) is 11.3. The van der Waals surface area contributed by atoms with Gasteiger partial charge in [0.25, 0.3) is 5.91 Å². The van der Waals surface area contributed by atoms with Crippen LogP contribution in [0.1, 0.15) is 10.4 Å². The lowest BCUT2D eigenvalue weighted by Crippen LogP contribution is -2.29. The van der Waals surface area contributed by atoms with E-state index in [9.17, 15) is 22.0 Å². The molecule has 2 aromatic carbocycles. The third-order valence-corrected chi connectivity index (χ3v) is 4.66. The summed E-state index contributed by atoms with van der Waals surface area (Å²) in [6.45, 7) is -0.202. The molecule has 0 heterocycles. The second kappa shape index (κ2) is 6.65. The fourth-order valence-corrected chi connectivity index (χ4v) is 3.08. The number of benzene rings is 2. The highest BCUT2D eigenvalue weighted by Gasteiger charge is 2.18. The largest absolute Gasteiger partial charge is 0.351 e. The highest BCUT2D eigenvalue weighted by molar-refractivity contribution is 7.91. The van der Waals surface area contributed by atoms with E-state index < -0.39 is 38.0 Å². The zero-order valence-corrected chi connectivity index (χ0v) is 12.2. The Morgan fingerprint density at radius 1 is 1.05 bits per heavy atom. The van der Waals surface area contributed by atoms with Crippen molar-refractivity contribution in [2.45, 2.75) is 4.90 Å². The maximum Gasteiger partial charge on any atom is 0.251 e. The van der Waals surface area contributed by atoms with Crippen LogP contribution in [-0.2, 0) is 9.84 Å². The summed E-state index contributed by atoms with van der Waals surface area (Å²) in [5, 5.41) is 2.36. The summed E-state index contributed by atoms with van der Waals surface area (Å²) in [5.41, 5.74) is 0.0864. The number of hydrogen-bond acceptors (Lipinski definition) is 3. The molecule has 2 aromatic rings. The molecule has 0 aliphatic rings. The standard InChI is InChI=1S/C15H13F2NO3S/c16-12-5-3-4-11(10-12)15(19)18-8-9-22(20,21)14-7-2-1-6-13(14)17/h1-7,10H,8-9H2,(H,18,19). The molecule has 2 rings (SSSR count). The molecule has 0 spiro atoms. The monoisotopic (exact) mass is 325 g/mol. The van der Waals surface area contributed by atoms with Gasteiger partial charge in [0.15, 0.2) is 9.84 Å². The van der Waals surface area contributed by atoms with E-state index in [-0.39, 0.29) is 12.1 Å². The third kappa shape index (κ3) is 3.88. The molecule has 1 amide bonds. The average Bonchev–Trinajstić information content (AvgIpc) is 2.47. The SMILES string of the molecule is O=C(NCCS(=O)(=O)c1ccccc1F)c1cccc(F)c1. The molecule has 0 unspecified atom stereocenters. The zero-order valence-electron chi connectivity index (χ0n) is 11.4. The van der Waals surface area contributed by atoms with Gasteiger partial charge in [-0.2, -0.15) is 0 Å². The van der Waals surface area contributed by atoms with Gasteiger partial charge in [-0.25, -0.2) is 17.2 Å². The van der Waals surface area contributed by atoms with Crippen LogP contribution in [0.4, 0.5) is 8.78 Å². The maximum absolute atomic E-state index is 13.5. The minimum absolute atomic E-state index is 0.0864. The van der Waals surface area contributed by atoms with E-state index in [1.165, 1.54) is 36.4 Å². The second-order valence-electron chi connectivity index (χ2n) is 4.52. The molecule has 0 aromatic heterocycles. The first kappa shape index (κ1) is 16.1. The Morgan fingerprint density at radius 2 is 1.77 bits per heavy atom. The molecule has 0 aliphatic heterocycles. The predicted octanol–water partition coefficient (Wildman–Crippen LogP) is 2.17. The van der Waals surface area contributed by atoms with E-state index in [1.807, 2.05) is 0 Å². The Hall–Kier alpha value is -2.28. The minimum atomic E-state index is -3.84. The van der Waals surface area contributed by atoms with Crippen molar-refractivity contribution in [2.75, 3.05) is 12.3 Å². The molecular weight excluding hydrogens is 312 g/mol. The number of hydrogen-bond donors (Lipinski definition) is 1. The van der Waals surface area contributed by atoms with Crippen LogP contribution in [0.15, 0.2) is 53.4 Å². The van der Waals surface area contributed by atoms with Crippen LogP contribution < -0.4 is 5.32 Å². The summed E-state index contributed by atoms with van der Waals surface area (Å²) in [5.74, 6) is -2.44. The van der Waals surface area contributed by atoms with Gasteiger partial charge in [-0.3, -0.25) is 4.79 Å². The third-order valence-electron chi connectivity index (χ3n) is 2.91. The lowest BCUT2D eigenvalue weighted by molar-refractivity contribution is 0.0955. The molecule has 0 radical (unpaired) electrons. The molecule has 0 fully saturated rings. The van der Waals surface area contributed by atoms with Gasteiger partial charge < -0.3 is 5.32 Å². The molecule has 1 N–H and O–H groups in total. The van der Waals surface area contributed by atoms with Gasteiger partial charge in [-0.1, -0.05) is 18.2 Å². The summed E-state index contributed by atoms with van der Waals surface area (Å²) in [7, 11) is -3.84. The lowest BCUT2D eigenvalue weighted by Gasteiger charge is -2.07. The van der Waals surface area contributed by atoms with Crippen LogP contribution in [0.2, 0.25) is 0 Å². The van der Waals surface area contributed by atoms with Crippen molar-refractivity contribution in [3.63, 3.8) is 0 Å². The van der Waals surface area contributed by atoms with Crippen LogP contribution in [0.5, 0.6) is 0 Å². The quantitative estimate of drug-likeness (QED) is 0.916. The second-order valence-corrected chi connectivity index (χ2v) is 6.59. The Bertz CT molecular complexity index is 791. The first-order chi connectivity index (χ1) is 10.4. The van der Waals surface area contributed by atoms with Crippen LogP contribution in [0.3, 0.4) is 0 Å². The molecule has 0 bridgehead atoms. The van der Waals surface area contributed by atoms with E-state index in [1.54, 1.807) is 0 Å².